The van der Waals surface area contributed by atoms with E-state index < -0.39 is 22.3 Å². The normalized spacial score (nSPS) is 30.9. The molecule has 2 aliphatic rings. The summed E-state index contributed by atoms with van der Waals surface area (Å²) in [5.41, 5.74) is -1.39. The van der Waals surface area contributed by atoms with Crippen LogP contribution in [-0.4, -0.2) is 107 Å². The van der Waals surface area contributed by atoms with E-state index in [1.807, 2.05) is 5.06 Å². The van der Waals surface area contributed by atoms with E-state index in [2.05, 4.69) is 48.5 Å². The maximum Gasteiger partial charge on any atom is 0.322 e. The Morgan fingerprint density at radius 1 is 0.795 bits per heavy atom. The fraction of sp³-hybridized carbons (Fsp3) is 0.939. The van der Waals surface area contributed by atoms with Crippen molar-refractivity contribution in [3.05, 3.63) is 0 Å². The van der Waals surface area contributed by atoms with Crippen molar-refractivity contribution in [2.24, 2.45) is 11.3 Å². The molecule has 258 valence electrons. The van der Waals surface area contributed by atoms with E-state index in [-0.39, 0.29) is 37.5 Å². The van der Waals surface area contributed by atoms with Gasteiger partial charge < -0.3 is 38.0 Å². The van der Waals surface area contributed by atoms with Gasteiger partial charge in [0.1, 0.15) is 6.61 Å². The average Bonchev–Trinajstić information content (AvgIpc) is 3.02. The van der Waals surface area contributed by atoms with Crippen molar-refractivity contribution in [3.8, 4) is 0 Å². The summed E-state index contributed by atoms with van der Waals surface area (Å²) in [5.74, 6) is -1.56. The molecule has 0 bridgehead atoms. The number of rotatable bonds is 21. The zero-order valence-corrected chi connectivity index (χ0v) is 28.8. The molecule has 44 heavy (non-hydrogen) atoms. The van der Waals surface area contributed by atoms with E-state index in [1.165, 1.54) is 6.92 Å². The molecule has 1 spiro atoms. The fourth-order valence-electron chi connectivity index (χ4n) is 5.93. The number of ether oxygens (including phenoxy) is 7. The topological polar surface area (TPSA) is 111 Å². The van der Waals surface area contributed by atoms with Gasteiger partial charge in [-0.1, -0.05) is 41.0 Å². The zero-order valence-electron chi connectivity index (χ0n) is 28.8. The van der Waals surface area contributed by atoms with Crippen LogP contribution in [-0.2, 0) is 47.6 Å². The number of carbonyl (C=O) groups excluding carboxylic acids is 2. The maximum absolute atomic E-state index is 12.5. The van der Waals surface area contributed by atoms with E-state index >= 15 is 0 Å². The van der Waals surface area contributed by atoms with Crippen molar-refractivity contribution >= 4 is 11.9 Å². The summed E-state index contributed by atoms with van der Waals surface area (Å²) in [7, 11) is 0. The van der Waals surface area contributed by atoms with Crippen LogP contribution < -0.4 is 0 Å². The highest BCUT2D eigenvalue weighted by molar-refractivity contribution is 5.69. The lowest BCUT2D eigenvalue weighted by atomic mass is 9.66. The number of esters is 1. The van der Waals surface area contributed by atoms with Gasteiger partial charge in [0.2, 0.25) is 0 Å². The fourth-order valence-corrected chi connectivity index (χ4v) is 5.93. The molecular weight excluding hydrogens is 570 g/mol. The third-order valence-corrected chi connectivity index (χ3v) is 9.61. The minimum absolute atomic E-state index is 0.0834. The molecule has 0 aromatic carbocycles. The zero-order chi connectivity index (χ0) is 32.7. The van der Waals surface area contributed by atoms with Gasteiger partial charge in [-0.15, -0.1) is 5.06 Å². The summed E-state index contributed by atoms with van der Waals surface area (Å²) in [6.45, 7) is 21.3. The van der Waals surface area contributed by atoms with E-state index in [0.29, 0.717) is 59.3 Å². The van der Waals surface area contributed by atoms with Gasteiger partial charge in [-0.2, -0.15) is 0 Å². The molecule has 11 heteroatoms. The van der Waals surface area contributed by atoms with Gasteiger partial charge in [0, 0.05) is 25.9 Å². The highest BCUT2D eigenvalue weighted by Gasteiger charge is 2.64. The van der Waals surface area contributed by atoms with Crippen molar-refractivity contribution in [2.75, 3.05) is 72.7 Å². The lowest BCUT2D eigenvalue weighted by Gasteiger charge is -2.63. The molecule has 0 aliphatic carbocycles. The molecule has 3 unspecified atom stereocenters. The third kappa shape index (κ3) is 10.6. The average molecular weight is 632 g/mol. The van der Waals surface area contributed by atoms with Crippen LogP contribution >= 0.6 is 0 Å². The van der Waals surface area contributed by atoms with Crippen LogP contribution in [0.4, 0.5) is 0 Å². The summed E-state index contributed by atoms with van der Waals surface area (Å²) in [4.78, 5) is 30.4. The smallest absolute Gasteiger partial charge is 0.322 e. The number of hydrogen-bond acceptors (Lipinski definition) is 11. The summed E-state index contributed by atoms with van der Waals surface area (Å²) in [5, 5.41) is 1.89. The van der Waals surface area contributed by atoms with Crippen LogP contribution in [0, 0.1) is 11.3 Å². The summed E-state index contributed by atoms with van der Waals surface area (Å²) in [6.07, 6.45) is 5.17. The Bertz CT molecular complexity index is 848. The van der Waals surface area contributed by atoms with Crippen molar-refractivity contribution < 1.29 is 47.6 Å². The van der Waals surface area contributed by atoms with Crippen LogP contribution in [0.1, 0.15) is 100 Å². The van der Waals surface area contributed by atoms with Crippen molar-refractivity contribution in [1.29, 1.82) is 0 Å². The number of carbonyl (C=O) groups is 2. The number of hydrogen-bond donors (Lipinski definition) is 0. The molecule has 2 aliphatic heterocycles. The molecule has 0 N–H and O–H groups in total. The quantitative estimate of drug-likeness (QED) is 0.125. The maximum atomic E-state index is 12.5. The molecule has 0 aromatic heterocycles. The molecule has 2 saturated heterocycles. The first-order valence-corrected chi connectivity index (χ1v) is 16.7. The standard InChI is InChI=1S/C33H61NO10/c1-9-13-15-37-17-19-39-21-22-40-20-18-38-16-14-29(36)41-24-32(12-4)25-42-33(43-26-32)23-30(7,10-2)34(44-28(6)35)31(8,11-3)27(33)5/h27H,9-26H2,1-8H3. The summed E-state index contributed by atoms with van der Waals surface area (Å²) >= 11 is 0. The van der Waals surface area contributed by atoms with Gasteiger partial charge in [0.25, 0.3) is 0 Å². The monoisotopic (exact) mass is 631 g/mol. The lowest BCUT2D eigenvalue weighted by Crippen LogP contribution is -2.74. The number of nitrogens with zero attached hydrogens (tertiary/aromatic N) is 1. The minimum atomic E-state index is -0.834. The first-order chi connectivity index (χ1) is 21.0. The first-order valence-electron chi connectivity index (χ1n) is 16.7. The Hall–Kier alpha value is -1.34. The van der Waals surface area contributed by atoms with Gasteiger partial charge in [0.05, 0.1) is 82.4 Å². The van der Waals surface area contributed by atoms with Gasteiger partial charge in [-0.3, -0.25) is 9.59 Å². The highest BCUT2D eigenvalue weighted by Crippen LogP contribution is 2.54. The molecule has 2 heterocycles. The van der Waals surface area contributed by atoms with E-state index in [0.717, 1.165) is 38.7 Å². The molecule has 0 aromatic rings. The summed E-state index contributed by atoms with van der Waals surface area (Å²) < 4.78 is 40.9. The Morgan fingerprint density at radius 2 is 1.34 bits per heavy atom. The minimum Gasteiger partial charge on any atom is -0.465 e. The van der Waals surface area contributed by atoms with Crippen LogP contribution in [0.2, 0.25) is 0 Å². The van der Waals surface area contributed by atoms with E-state index in [4.69, 9.17) is 38.0 Å². The number of unbranched alkanes of at least 4 members (excludes halogenated alkanes) is 1. The predicted molar refractivity (Wildman–Crippen MR) is 166 cm³/mol. The van der Waals surface area contributed by atoms with E-state index in [1.54, 1.807) is 0 Å². The largest absolute Gasteiger partial charge is 0.465 e. The van der Waals surface area contributed by atoms with Gasteiger partial charge in [-0.05, 0) is 39.5 Å². The molecule has 0 radical (unpaired) electrons. The third-order valence-electron chi connectivity index (χ3n) is 9.61. The van der Waals surface area contributed by atoms with Crippen LogP contribution in [0.15, 0.2) is 0 Å². The Labute approximate surface area is 265 Å². The molecule has 0 amide bonds. The Balaban J connectivity index is 1.73. The number of hydroxylamine groups is 2. The number of piperidine rings is 1. The Morgan fingerprint density at radius 3 is 1.82 bits per heavy atom. The summed E-state index contributed by atoms with van der Waals surface area (Å²) in [6, 6.07) is 0. The highest BCUT2D eigenvalue weighted by atomic mass is 16.7. The van der Waals surface area contributed by atoms with Gasteiger partial charge in [0.15, 0.2) is 5.79 Å². The van der Waals surface area contributed by atoms with Crippen LogP contribution in [0.25, 0.3) is 0 Å². The second-order valence-corrected chi connectivity index (χ2v) is 12.8. The lowest BCUT2D eigenvalue weighted by molar-refractivity contribution is -0.403. The predicted octanol–water partition coefficient (Wildman–Crippen LogP) is 5.08. The SMILES string of the molecule is CCCCOCCOCCOCCOCCC(=O)OCC1(CC)COC2(CC(C)(CC)N(OC(C)=O)C(C)(CC)C2C)OC1. The molecule has 0 saturated carbocycles. The molecule has 11 nitrogen and oxygen atoms in total. The first kappa shape index (κ1) is 38.8. The second-order valence-electron chi connectivity index (χ2n) is 12.8. The van der Waals surface area contributed by atoms with Crippen molar-refractivity contribution in [2.45, 2.75) is 117 Å². The van der Waals surface area contributed by atoms with Gasteiger partial charge in [-0.25, -0.2) is 0 Å². The van der Waals surface area contributed by atoms with Crippen molar-refractivity contribution in [1.82, 2.24) is 5.06 Å². The molecule has 2 rings (SSSR count). The molecule has 2 fully saturated rings. The Kier molecular flexibility index (Phi) is 16.5. The van der Waals surface area contributed by atoms with E-state index in [9.17, 15) is 9.59 Å². The second kappa shape index (κ2) is 18.7. The van der Waals surface area contributed by atoms with Crippen LogP contribution in [0.5, 0.6) is 0 Å². The molecule has 3 atom stereocenters. The van der Waals surface area contributed by atoms with Crippen molar-refractivity contribution in [3.63, 3.8) is 0 Å². The van der Waals surface area contributed by atoms with Crippen LogP contribution in [0.3, 0.4) is 0 Å². The molecular formula is C33H61NO10. The van der Waals surface area contributed by atoms with Gasteiger partial charge >= 0.3 is 11.9 Å².